The van der Waals surface area contributed by atoms with E-state index in [0.717, 1.165) is 5.71 Å². The summed E-state index contributed by atoms with van der Waals surface area (Å²) in [5.41, 5.74) is 7.10. The topological polar surface area (TPSA) is 67.8 Å². The summed E-state index contributed by atoms with van der Waals surface area (Å²) in [6, 6.07) is 5.17. The molecule has 0 aliphatic carbocycles. The first-order valence-corrected chi connectivity index (χ1v) is 5.18. The summed E-state index contributed by atoms with van der Waals surface area (Å²) in [4.78, 5) is 4.30. The molecule has 88 valence electrons. The van der Waals surface area contributed by atoms with Crippen LogP contribution in [-0.4, -0.2) is 30.5 Å². The second kappa shape index (κ2) is 5.51. The third kappa shape index (κ3) is 3.24. The van der Waals surface area contributed by atoms with Crippen molar-refractivity contribution in [1.29, 1.82) is 0 Å². The van der Waals surface area contributed by atoms with Crippen molar-refractivity contribution in [2.75, 3.05) is 13.7 Å². The number of nitrogens with zero attached hydrogens (tertiary/aromatic N) is 1. The highest BCUT2D eigenvalue weighted by molar-refractivity contribution is 6.01. The van der Waals surface area contributed by atoms with E-state index in [1.165, 1.54) is 0 Å². The number of phenolic OH excluding ortho intramolecular Hbond substituents is 1. The normalized spacial score (nSPS) is 13.6. The molecule has 1 unspecified atom stereocenters. The van der Waals surface area contributed by atoms with Crippen LogP contribution in [0.1, 0.15) is 19.4 Å². The van der Waals surface area contributed by atoms with Gasteiger partial charge in [-0.15, -0.1) is 0 Å². The minimum atomic E-state index is 0.0235. The van der Waals surface area contributed by atoms with Crippen molar-refractivity contribution in [2.45, 2.75) is 19.9 Å². The van der Waals surface area contributed by atoms with Gasteiger partial charge in [-0.2, -0.15) is 0 Å². The standard InChI is InChI=1S/C12H18N2O2/c1-8(13)7-14-9(2)11-5-4-10(16-3)6-12(11)15/h4-6,8,15H,7,13H2,1-3H3. The van der Waals surface area contributed by atoms with Crippen molar-refractivity contribution in [3.8, 4) is 11.5 Å². The van der Waals surface area contributed by atoms with E-state index in [1.807, 2.05) is 13.8 Å². The molecule has 0 heterocycles. The second-order valence-corrected chi connectivity index (χ2v) is 3.79. The van der Waals surface area contributed by atoms with E-state index in [9.17, 15) is 5.11 Å². The number of ether oxygens (including phenoxy) is 1. The fourth-order valence-corrected chi connectivity index (χ4v) is 1.31. The molecule has 0 saturated carbocycles. The molecule has 1 atom stereocenters. The Morgan fingerprint density at radius 1 is 1.56 bits per heavy atom. The first-order valence-electron chi connectivity index (χ1n) is 5.18. The number of benzene rings is 1. The summed E-state index contributed by atoms with van der Waals surface area (Å²) in [5.74, 6) is 0.798. The van der Waals surface area contributed by atoms with Crippen LogP contribution in [0.15, 0.2) is 23.2 Å². The van der Waals surface area contributed by atoms with Crippen LogP contribution in [0.5, 0.6) is 11.5 Å². The number of nitrogens with two attached hydrogens (primary N) is 1. The third-order valence-electron chi connectivity index (χ3n) is 2.21. The lowest BCUT2D eigenvalue weighted by atomic mass is 10.1. The molecule has 0 amide bonds. The van der Waals surface area contributed by atoms with E-state index in [0.29, 0.717) is 17.9 Å². The van der Waals surface area contributed by atoms with Crippen LogP contribution in [0.4, 0.5) is 0 Å². The Balaban J connectivity index is 2.91. The van der Waals surface area contributed by atoms with E-state index < -0.39 is 0 Å². The minimum Gasteiger partial charge on any atom is -0.507 e. The van der Waals surface area contributed by atoms with Crippen molar-refractivity contribution in [1.82, 2.24) is 0 Å². The van der Waals surface area contributed by atoms with Crippen LogP contribution in [0.3, 0.4) is 0 Å². The fraction of sp³-hybridized carbons (Fsp3) is 0.417. The zero-order valence-corrected chi connectivity index (χ0v) is 9.90. The molecule has 1 aromatic rings. The van der Waals surface area contributed by atoms with Crippen molar-refractivity contribution < 1.29 is 9.84 Å². The predicted octanol–water partition coefficient (Wildman–Crippen LogP) is 1.56. The van der Waals surface area contributed by atoms with Crippen molar-refractivity contribution in [3.63, 3.8) is 0 Å². The largest absolute Gasteiger partial charge is 0.507 e. The van der Waals surface area contributed by atoms with Gasteiger partial charge in [-0.1, -0.05) is 0 Å². The van der Waals surface area contributed by atoms with Crippen LogP contribution in [0.25, 0.3) is 0 Å². The molecule has 0 aliphatic heterocycles. The molecular formula is C12H18N2O2. The minimum absolute atomic E-state index is 0.0235. The van der Waals surface area contributed by atoms with Crippen LogP contribution in [0.2, 0.25) is 0 Å². The summed E-state index contributed by atoms with van der Waals surface area (Å²) in [6.45, 7) is 4.30. The summed E-state index contributed by atoms with van der Waals surface area (Å²) in [6.07, 6.45) is 0. The van der Waals surface area contributed by atoms with E-state index in [-0.39, 0.29) is 11.8 Å². The van der Waals surface area contributed by atoms with Gasteiger partial charge < -0.3 is 15.6 Å². The third-order valence-corrected chi connectivity index (χ3v) is 2.21. The molecule has 0 aromatic heterocycles. The predicted molar refractivity (Wildman–Crippen MR) is 65.4 cm³/mol. The number of aromatic hydroxyl groups is 1. The number of hydrogen-bond acceptors (Lipinski definition) is 4. The Morgan fingerprint density at radius 3 is 2.75 bits per heavy atom. The Labute approximate surface area is 95.8 Å². The molecule has 0 aliphatic rings. The lowest BCUT2D eigenvalue weighted by Crippen LogP contribution is -2.19. The van der Waals surface area contributed by atoms with Gasteiger partial charge in [-0.3, -0.25) is 4.99 Å². The SMILES string of the molecule is COc1ccc(C(C)=NCC(C)N)c(O)c1. The molecule has 0 radical (unpaired) electrons. The molecule has 4 nitrogen and oxygen atoms in total. The van der Waals surface area contributed by atoms with E-state index in [1.54, 1.807) is 25.3 Å². The molecule has 0 fully saturated rings. The van der Waals surface area contributed by atoms with Crippen LogP contribution in [-0.2, 0) is 0 Å². The maximum absolute atomic E-state index is 9.77. The Kier molecular flexibility index (Phi) is 4.31. The number of aliphatic imine (C=N–C) groups is 1. The van der Waals surface area contributed by atoms with Gasteiger partial charge in [0.05, 0.1) is 13.7 Å². The Morgan fingerprint density at radius 2 is 2.25 bits per heavy atom. The Bertz CT molecular complexity index is 387. The molecule has 0 saturated heterocycles. The first kappa shape index (κ1) is 12.5. The molecule has 1 rings (SSSR count). The zero-order chi connectivity index (χ0) is 12.1. The van der Waals surface area contributed by atoms with E-state index in [2.05, 4.69) is 4.99 Å². The van der Waals surface area contributed by atoms with Crippen LogP contribution < -0.4 is 10.5 Å². The van der Waals surface area contributed by atoms with Crippen LogP contribution >= 0.6 is 0 Å². The molecule has 4 heteroatoms. The number of rotatable bonds is 4. The Hall–Kier alpha value is -1.55. The van der Waals surface area contributed by atoms with Gasteiger partial charge in [-0.25, -0.2) is 0 Å². The molecular weight excluding hydrogens is 204 g/mol. The van der Waals surface area contributed by atoms with E-state index >= 15 is 0 Å². The smallest absolute Gasteiger partial charge is 0.128 e. The maximum atomic E-state index is 9.77. The van der Waals surface area contributed by atoms with Crippen molar-refractivity contribution in [3.05, 3.63) is 23.8 Å². The van der Waals surface area contributed by atoms with Crippen molar-refractivity contribution in [2.24, 2.45) is 10.7 Å². The maximum Gasteiger partial charge on any atom is 0.128 e. The monoisotopic (exact) mass is 222 g/mol. The van der Waals surface area contributed by atoms with Gasteiger partial charge in [0.2, 0.25) is 0 Å². The summed E-state index contributed by atoms with van der Waals surface area (Å²) < 4.78 is 5.01. The second-order valence-electron chi connectivity index (χ2n) is 3.79. The average molecular weight is 222 g/mol. The highest BCUT2D eigenvalue weighted by Gasteiger charge is 2.06. The molecule has 1 aromatic carbocycles. The van der Waals surface area contributed by atoms with Gasteiger partial charge in [0, 0.05) is 23.4 Å². The summed E-state index contributed by atoms with van der Waals surface area (Å²) >= 11 is 0. The molecule has 16 heavy (non-hydrogen) atoms. The first-order chi connectivity index (χ1) is 7.54. The van der Waals surface area contributed by atoms with Gasteiger partial charge in [0.25, 0.3) is 0 Å². The zero-order valence-electron chi connectivity index (χ0n) is 9.90. The van der Waals surface area contributed by atoms with Crippen LogP contribution in [0, 0.1) is 0 Å². The average Bonchev–Trinajstić information content (AvgIpc) is 2.25. The number of phenols is 1. The lowest BCUT2D eigenvalue weighted by molar-refractivity contribution is 0.407. The van der Waals surface area contributed by atoms with Gasteiger partial charge >= 0.3 is 0 Å². The highest BCUT2D eigenvalue weighted by atomic mass is 16.5. The van der Waals surface area contributed by atoms with Gasteiger partial charge in [0.15, 0.2) is 0 Å². The van der Waals surface area contributed by atoms with Gasteiger partial charge in [-0.05, 0) is 26.0 Å². The molecule has 3 N–H and O–H groups in total. The quantitative estimate of drug-likeness (QED) is 0.760. The van der Waals surface area contributed by atoms with Gasteiger partial charge in [0.1, 0.15) is 11.5 Å². The fourth-order valence-electron chi connectivity index (χ4n) is 1.31. The number of methoxy groups -OCH3 is 1. The summed E-state index contributed by atoms with van der Waals surface area (Å²) in [7, 11) is 1.56. The highest BCUT2D eigenvalue weighted by Crippen LogP contribution is 2.23. The van der Waals surface area contributed by atoms with Crippen molar-refractivity contribution >= 4 is 5.71 Å². The number of hydrogen-bond donors (Lipinski definition) is 2. The lowest BCUT2D eigenvalue weighted by Gasteiger charge is -2.07. The summed E-state index contributed by atoms with van der Waals surface area (Å²) in [5, 5.41) is 9.77. The molecule has 0 spiro atoms. The molecule has 0 bridgehead atoms. The van der Waals surface area contributed by atoms with E-state index in [4.69, 9.17) is 10.5 Å².